The fourth-order valence-corrected chi connectivity index (χ4v) is 3.17. The number of aliphatic carboxylic acids is 1. The third-order valence-corrected chi connectivity index (χ3v) is 4.45. The van der Waals surface area contributed by atoms with Crippen LogP contribution in [0.15, 0.2) is 0 Å². The molecular formula is C13H22N2O3. The highest BCUT2D eigenvalue weighted by Crippen LogP contribution is 2.30. The zero-order chi connectivity index (χ0) is 13.3. The van der Waals surface area contributed by atoms with Gasteiger partial charge in [-0.2, -0.15) is 0 Å². The van der Waals surface area contributed by atoms with Crippen LogP contribution in [-0.4, -0.2) is 40.1 Å². The molecule has 2 unspecified atom stereocenters. The zero-order valence-electron chi connectivity index (χ0n) is 11.1. The van der Waals surface area contributed by atoms with Gasteiger partial charge in [0.15, 0.2) is 0 Å². The molecule has 18 heavy (non-hydrogen) atoms. The highest BCUT2D eigenvalue weighted by atomic mass is 16.4. The first-order valence-electron chi connectivity index (χ1n) is 6.74. The first kappa shape index (κ1) is 13.2. The van der Waals surface area contributed by atoms with Gasteiger partial charge in [0.2, 0.25) is 0 Å². The highest BCUT2D eigenvalue weighted by Gasteiger charge is 2.40. The van der Waals surface area contributed by atoms with Gasteiger partial charge in [-0.3, -0.25) is 4.79 Å². The van der Waals surface area contributed by atoms with E-state index in [1.165, 1.54) is 0 Å². The van der Waals surface area contributed by atoms with Gasteiger partial charge in [0.05, 0.1) is 5.92 Å². The summed E-state index contributed by atoms with van der Waals surface area (Å²) in [7, 11) is 0. The fraction of sp³-hybridized carbons (Fsp3) is 0.846. The van der Waals surface area contributed by atoms with Crippen molar-refractivity contribution in [1.29, 1.82) is 0 Å². The Balaban J connectivity index is 1.96. The first-order chi connectivity index (χ1) is 8.43. The number of carboxylic acids is 1. The summed E-state index contributed by atoms with van der Waals surface area (Å²) < 4.78 is 0. The quantitative estimate of drug-likeness (QED) is 0.789. The molecule has 0 aromatic rings. The van der Waals surface area contributed by atoms with E-state index in [0.29, 0.717) is 13.0 Å². The Morgan fingerprint density at radius 3 is 2.44 bits per heavy atom. The number of rotatable bonds is 2. The lowest BCUT2D eigenvalue weighted by Crippen LogP contribution is -2.51. The molecule has 1 saturated heterocycles. The predicted octanol–water partition coefficient (Wildman–Crippen LogP) is 1.82. The number of hydrogen-bond donors (Lipinski definition) is 2. The number of hydrogen-bond acceptors (Lipinski definition) is 2. The van der Waals surface area contributed by atoms with Gasteiger partial charge in [-0.25, -0.2) is 4.79 Å². The molecule has 1 aliphatic carbocycles. The SMILES string of the molecule is CC1C(C(=O)O)CCN1C(=O)NC1(C)CCCC1. The van der Waals surface area contributed by atoms with Crippen molar-refractivity contribution in [3.8, 4) is 0 Å². The number of urea groups is 1. The van der Waals surface area contributed by atoms with Crippen LogP contribution < -0.4 is 5.32 Å². The third-order valence-electron chi connectivity index (χ3n) is 4.45. The Labute approximate surface area is 108 Å². The van der Waals surface area contributed by atoms with Crippen molar-refractivity contribution >= 4 is 12.0 Å². The zero-order valence-corrected chi connectivity index (χ0v) is 11.1. The number of likely N-dealkylation sites (tertiary alicyclic amines) is 1. The lowest BCUT2D eigenvalue weighted by molar-refractivity contribution is -0.142. The van der Waals surface area contributed by atoms with Crippen LogP contribution in [0.4, 0.5) is 4.79 Å². The molecule has 0 aromatic carbocycles. The average molecular weight is 254 g/mol. The van der Waals surface area contributed by atoms with Crippen LogP contribution in [-0.2, 0) is 4.79 Å². The number of carbonyl (C=O) groups is 2. The molecule has 5 nitrogen and oxygen atoms in total. The predicted molar refractivity (Wildman–Crippen MR) is 67.3 cm³/mol. The Morgan fingerprint density at radius 2 is 1.94 bits per heavy atom. The summed E-state index contributed by atoms with van der Waals surface area (Å²) in [5.41, 5.74) is -0.0991. The van der Waals surface area contributed by atoms with Crippen molar-refractivity contribution < 1.29 is 14.7 Å². The van der Waals surface area contributed by atoms with Crippen molar-refractivity contribution in [1.82, 2.24) is 10.2 Å². The molecule has 2 rings (SSSR count). The van der Waals surface area contributed by atoms with E-state index >= 15 is 0 Å². The summed E-state index contributed by atoms with van der Waals surface area (Å²) in [5.74, 6) is -1.22. The molecule has 1 heterocycles. The van der Waals surface area contributed by atoms with E-state index < -0.39 is 11.9 Å². The number of amides is 2. The van der Waals surface area contributed by atoms with Gasteiger partial charge in [-0.1, -0.05) is 12.8 Å². The summed E-state index contributed by atoms with van der Waals surface area (Å²) in [6.07, 6.45) is 4.90. The van der Waals surface area contributed by atoms with Crippen molar-refractivity contribution in [3.05, 3.63) is 0 Å². The smallest absolute Gasteiger partial charge is 0.318 e. The second kappa shape index (κ2) is 4.78. The molecule has 102 valence electrons. The lowest BCUT2D eigenvalue weighted by Gasteiger charge is -2.31. The third kappa shape index (κ3) is 2.44. The van der Waals surface area contributed by atoms with Crippen molar-refractivity contribution in [2.24, 2.45) is 5.92 Å². The standard InChI is InChI=1S/C13H22N2O3/c1-9-10(11(16)17)5-8-15(9)12(18)14-13(2)6-3-4-7-13/h9-10H,3-8H2,1-2H3,(H,14,18)(H,16,17). The largest absolute Gasteiger partial charge is 0.481 e. The fourth-order valence-electron chi connectivity index (χ4n) is 3.17. The normalized spacial score (nSPS) is 30.4. The van der Waals surface area contributed by atoms with Crippen molar-refractivity contribution in [3.63, 3.8) is 0 Å². The van der Waals surface area contributed by atoms with E-state index in [-0.39, 0.29) is 17.6 Å². The summed E-state index contributed by atoms with van der Waals surface area (Å²) in [4.78, 5) is 24.9. The Hall–Kier alpha value is -1.26. The minimum Gasteiger partial charge on any atom is -0.481 e. The second-order valence-corrected chi connectivity index (χ2v) is 5.87. The molecule has 2 N–H and O–H groups in total. The van der Waals surface area contributed by atoms with Gasteiger partial charge in [0.1, 0.15) is 0 Å². The molecule has 2 fully saturated rings. The molecule has 2 aliphatic rings. The van der Waals surface area contributed by atoms with E-state index in [0.717, 1.165) is 25.7 Å². The summed E-state index contributed by atoms with van der Waals surface area (Å²) >= 11 is 0. The minimum atomic E-state index is -0.801. The molecule has 2 atom stereocenters. The van der Waals surface area contributed by atoms with Crippen LogP contribution in [0.25, 0.3) is 0 Å². The average Bonchev–Trinajstić information content (AvgIpc) is 2.84. The minimum absolute atomic E-state index is 0.0991. The number of carbonyl (C=O) groups excluding carboxylic acids is 1. The molecule has 0 spiro atoms. The van der Waals surface area contributed by atoms with E-state index in [4.69, 9.17) is 5.11 Å². The van der Waals surface area contributed by atoms with Crippen LogP contribution in [0, 0.1) is 5.92 Å². The maximum atomic E-state index is 12.2. The Kier molecular flexibility index (Phi) is 3.50. The highest BCUT2D eigenvalue weighted by molar-refractivity contribution is 5.78. The second-order valence-electron chi connectivity index (χ2n) is 5.87. The summed E-state index contributed by atoms with van der Waals surface area (Å²) in [6, 6.07) is -0.317. The van der Waals surface area contributed by atoms with Gasteiger partial charge in [0.25, 0.3) is 0 Å². The van der Waals surface area contributed by atoms with E-state index in [1.807, 2.05) is 6.92 Å². The molecule has 2 amide bonds. The van der Waals surface area contributed by atoms with Crippen LogP contribution >= 0.6 is 0 Å². The van der Waals surface area contributed by atoms with Gasteiger partial charge in [0, 0.05) is 18.1 Å². The Bertz CT molecular complexity index is 350. The van der Waals surface area contributed by atoms with E-state index in [9.17, 15) is 9.59 Å². The number of nitrogens with one attached hydrogen (secondary N) is 1. The molecule has 1 saturated carbocycles. The first-order valence-corrected chi connectivity index (χ1v) is 6.74. The molecule has 0 bridgehead atoms. The van der Waals surface area contributed by atoms with E-state index in [1.54, 1.807) is 4.90 Å². The Morgan fingerprint density at radius 1 is 1.33 bits per heavy atom. The monoisotopic (exact) mass is 254 g/mol. The van der Waals surface area contributed by atoms with Crippen LogP contribution in [0.3, 0.4) is 0 Å². The van der Waals surface area contributed by atoms with Gasteiger partial charge in [-0.15, -0.1) is 0 Å². The van der Waals surface area contributed by atoms with E-state index in [2.05, 4.69) is 12.2 Å². The van der Waals surface area contributed by atoms with Crippen LogP contribution in [0.2, 0.25) is 0 Å². The van der Waals surface area contributed by atoms with Gasteiger partial charge in [-0.05, 0) is 33.1 Å². The van der Waals surface area contributed by atoms with Crippen molar-refractivity contribution in [2.75, 3.05) is 6.54 Å². The summed E-state index contributed by atoms with van der Waals surface area (Å²) in [5, 5.41) is 12.1. The van der Waals surface area contributed by atoms with Crippen LogP contribution in [0.1, 0.15) is 46.0 Å². The topological polar surface area (TPSA) is 69.6 Å². The van der Waals surface area contributed by atoms with Crippen LogP contribution in [0.5, 0.6) is 0 Å². The van der Waals surface area contributed by atoms with Gasteiger partial charge < -0.3 is 15.3 Å². The number of carboxylic acid groups (broad SMARTS) is 1. The molecular weight excluding hydrogens is 232 g/mol. The maximum Gasteiger partial charge on any atom is 0.318 e. The number of nitrogens with zero attached hydrogens (tertiary/aromatic N) is 1. The molecule has 1 aliphatic heterocycles. The van der Waals surface area contributed by atoms with Gasteiger partial charge >= 0.3 is 12.0 Å². The van der Waals surface area contributed by atoms with Crippen molar-refractivity contribution in [2.45, 2.75) is 57.5 Å². The molecule has 5 heteroatoms. The molecule has 0 radical (unpaired) electrons. The summed E-state index contributed by atoms with van der Waals surface area (Å²) in [6.45, 7) is 4.44. The molecule has 0 aromatic heterocycles. The lowest BCUT2D eigenvalue weighted by atomic mass is 10.0. The maximum absolute atomic E-state index is 12.2.